The molecule has 3 saturated carbocycles. The first-order valence-electron chi connectivity index (χ1n) is 16.5. The van der Waals surface area contributed by atoms with Crippen molar-refractivity contribution >= 4 is 22.5 Å². The molecule has 0 spiro atoms. The maximum atomic E-state index is 13.9. The van der Waals surface area contributed by atoms with Crippen molar-refractivity contribution in [3.63, 3.8) is 0 Å². The van der Waals surface area contributed by atoms with Gasteiger partial charge in [0.05, 0.1) is 16.9 Å². The van der Waals surface area contributed by atoms with Crippen LogP contribution in [0.15, 0.2) is 58.6 Å². The largest absolute Gasteiger partial charge is 0.340 e. The van der Waals surface area contributed by atoms with Gasteiger partial charge in [0.25, 0.3) is 5.56 Å². The van der Waals surface area contributed by atoms with E-state index in [1.54, 1.807) is 21.4 Å². The summed E-state index contributed by atoms with van der Waals surface area (Å²) in [5.41, 5.74) is 2.64. The van der Waals surface area contributed by atoms with Gasteiger partial charge in [-0.15, -0.1) is 5.10 Å². The van der Waals surface area contributed by atoms with Gasteiger partial charge in [0.15, 0.2) is 5.96 Å². The first-order valence-corrected chi connectivity index (χ1v) is 16.5. The minimum atomic E-state index is -0.287. The molecule has 2 N–H and O–H groups in total. The third-order valence-corrected chi connectivity index (χ3v) is 10.8. The normalized spacial score (nSPS) is 25.8. The molecule has 0 radical (unpaired) electrons. The van der Waals surface area contributed by atoms with E-state index >= 15 is 0 Å². The number of rotatable bonds is 7. The van der Waals surface area contributed by atoms with Gasteiger partial charge in [-0.3, -0.25) is 9.36 Å². The Morgan fingerprint density at radius 3 is 2.70 bits per heavy atom. The molecular weight excluding hydrogens is 583 g/mol. The molecule has 5 unspecified atom stereocenters. The van der Waals surface area contributed by atoms with E-state index in [0.717, 1.165) is 49.2 Å². The number of halogens is 1. The third-order valence-electron chi connectivity index (χ3n) is 10.8. The quantitative estimate of drug-likeness (QED) is 0.234. The molecule has 46 heavy (non-hydrogen) atoms. The van der Waals surface area contributed by atoms with Crippen molar-refractivity contribution in [2.45, 2.75) is 72.1 Å². The van der Waals surface area contributed by atoms with E-state index in [-0.39, 0.29) is 24.0 Å². The van der Waals surface area contributed by atoms with E-state index in [1.807, 2.05) is 18.2 Å². The van der Waals surface area contributed by atoms with Gasteiger partial charge in [-0.05, 0) is 95.7 Å². The summed E-state index contributed by atoms with van der Waals surface area (Å²) >= 11 is 0. The number of hydrogen-bond acceptors (Lipinski definition) is 7. The highest BCUT2D eigenvalue weighted by Gasteiger charge is 2.56. The Labute approximate surface area is 268 Å². The number of piperazine rings is 1. The lowest BCUT2D eigenvalue weighted by atomic mass is 9.45. The van der Waals surface area contributed by atoms with Gasteiger partial charge in [-0.25, -0.2) is 19.0 Å². The van der Waals surface area contributed by atoms with Crippen LogP contribution in [0.4, 0.5) is 10.1 Å². The van der Waals surface area contributed by atoms with Crippen LogP contribution in [0.3, 0.4) is 0 Å². The summed E-state index contributed by atoms with van der Waals surface area (Å²) in [6.07, 6.45) is 4.50. The van der Waals surface area contributed by atoms with Crippen molar-refractivity contribution in [3.8, 4) is 0 Å². The number of aromatic nitrogens is 6. The summed E-state index contributed by atoms with van der Waals surface area (Å²) in [5.74, 6) is 3.11. The molecule has 2 aromatic carbocycles. The summed E-state index contributed by atoms with van der Waals surface area (Å²) in [6, 6.07) is 12.7. The van der Waals surface area contributed by atoms with Gasteiger partial charge in [-0.1, -0.05) is 32.9 Å². The Kier molecular flexibility index (Phi) is 8.08. The number of nitrogens with zero attached hydrogens (tertiary/aromatic N) is 8. The number of nitrogens with one attached hydrogen (secondary N) is 2. The van der Waals surface area contributed by atoms with E-state index in [1.165, 1.54) is 24.9 Å². The number of aryl methyl sites for hydroxylation is 1. The topological polar surface area (TPSA) is 118 Å². The number of fused-ring (bicyclic) bond motifs is 3. The summed E-state index contributed by atoms with van der Waals surface area (Å²) in [7, 11) is 0. The molecule has 1 saturated heterocycles. The van der Waals surface area contributed by atoms with Gasteiger partial charge in [-0.2, -0.15) is 0 Å². The number of aliphatic imine (C=N–C) groups is 1. The Bertz CT molecular complexity index is 1780. The summed E-state index contributed by atoms with van der Waals surface area (Å²) in [6.45, 7) is 12.7. The lowest BCUT2D eigenvalue weighted by Gasteiger charge is -2.61. The molecule has 242 valence electrons. The molecular formula is C34H43FN10O. The second-order valence-corrected chi connectivity index (χ2v) is 14.0. The Morgan fingerprint density at radius 2 is 1.98 bits per heavy atom. The SMILES string of the molecule is CC1CN(C(=NC2CC3CC(C2C)C3(C)C)Nc2ccc3c(=O)n(CCc4ccc(F)cc4)c(Cn4cnnn4)nc3c2)CCN1. The van der Waals surface area contributed by atoms with Crippen molar-refractivity contribution in [2.75, 3.05) is 25.0 Å². The van der Waals surface area contributed by atoms with Gasteiger partial charge >= 0.3 is 0 Å². The molecule has 3 aliphatic carbocycles. The fourth-order valence-corrected chi connectivity index (χ4v) is 7.88. The fourth-order valence-electron chi connectivity index (χ4n) is 7.88. The maximum absolute atomic E-state index is 13.9. The second kappa shape index (κ2) is 12.2. The Morgan fingerprint density at radius 1 is 1.15 bits per heavy atom. The van der Waals surface area contributed by atoms with Crippen LogP contribution in [0.2, 0.25) is 0 Å². The molecule has 5 atom stereocenters. The lowest BCUT2D eigenvalue weighted by molar-refractivity contribution is -0.108. The number of anilines is 1. The predicted molar refractivity (Wildman–Crippen MR) is 176 cm³/mol. The van der Waals surface area contributed by atoms with Crippen LogP contribution < -0.4 is 16.2 Å². The van der Waals surface area contributed by atoms with Gasteiger partial charge in [0, 0.05) is 37.9 Å². The first-order chi connectivity index (χ1) is 22.2. The van der Waals surface area contributed by atoms with Crippen LogP contribution in [0, 0.1) is 29.0 Å². The predicted octanol–water partition coefficient (Wildman–Crippen LogP) is 3.95. The average molecular weight is 627 g/mol. The van der Waals surface area contributed by atoms with Crippen molar-refractivity contribution in [2.24, 2.45) is 28.2 Å². The van der Waals surface area contributed by atoms with Gasteiger partial charge in [0.2, 0.25) is 0 Å². The Hall–Kier alpha value is -4.19. The third kappa shape index (κ3) is 5.90. The molecule has 1 aliphatic heterocycles. The van der Waals surface area contributed by atoms with Crippen LogP contribution in [-0.4, -0.2) is 72.3 Å². The van der Waals surface area contributed by atoms with Gasteiger partial charge in [0.1, 0.15) is 24.5 Å². The molecule has 4 aliphatic rings. The first kappa shape index (κ1) is 30.5. The zero-order valence-electron chi connectivity index (χ0n) is 27.0. The molecule has 2 aromatic heterocycles. The minimum Gasteiger partial charge on any atom is -0.340 e. The van der Waals surface area contributed by atoms with Crippen molar-refractivity contribution in [1.29, 1.82) is 0 Å². The molecule has 11 nitrogen and oxygen atoms in total. The summed E-state index contributed by atoms with van der Waals surface area (Å²) in [5, 5.41) is 19.2. The van der Waals surface area contributed by atoms with E-state index in [2.05, 4.69) is 58.8 Å². The van der Waals surface area contributed by atoms with Crippen molar-refractivity contribution < 1.29 is 4.39 Å². The highest BCUT2D eigenvalue weighted by molar-refractivity contribution is 5.96. The molecule has 4 fully saturated rings. The fraction of sp³-hybridized carbons (Fsp3) is 0.529. The van der Waals surface area contributed by atoms with Crippen LogP contribution in [-0.2, 0) is 19.5 Å². The molecule has 0 amide bonds. The molecule has 8 rings (SSSR count). The smallest absolute Gasteiger partial charge is 0.261 e. The average Bonchev–Trinajstić information content (AvgIpc) is 3.55. The van der Waals surface area contributed by atoms with E-state index in [4.69, 9.17) is 9.98 Å². The van der Waals surface area contributed by atoms with Crippen molar-refractivity contribution in [1.82, 2.24) is 40.0 Å². The second-order valence-electron chi connectivity index (χ2n) is 14.0. The van der Waals surface area contributed by atoms with Crippen LogP contribution in [0.1, 0.15) is 51.9 Å². The number of tetrazole rings is 1. The van der Waals surface area contributed by atoms with Gasteiger partial charge < -0.3 is 15.5 Å². The monoisotopic (exact) mass is 626 g/mol. The highest BCUT2D eigenvalue weighted by atomic mass is 19.1. The standard InChI is InChI=1S/C34H43FN10O/c1-21-18-43(14-12-36-21)33(40-29-16-24-15-28(22(29)2)34(24,3)4)38-26-9-10-27-30(17-26)39-31(19-44-20-37-41-42-44)45(32(27)46)13-11-23-5-7-25(35)8-6-23/h5-10,17,20-22,24,28-29,36H,11-16,18-19H2,1-4H3,(H,38,40). The lowest BCUT2D eigenvalue weighted by Crippen LogP contribution is -2.57. The Balaban J connectivity index is 1.21. The highest BCUT2D eigenvalue weighted by Crippen LogP contribution is 2.61. The number of guanidine groups is 1. The number of hydrogen-bond donors (Lipinski definition) is 2. The molecule has 4 aromatic rings. The zero-order valence-corrected chi connectivity index (χ0v) is 27.0. The van der Waals surface area contributed by atoms with Crippen LogP contribution in [0.25, 0.3) is 10.9 Å². The van der Waals surface area contributed by atoms with E-state index in [9.17, 15) is 9.18 Å². The van der Waals surface area contributed by atoms with E-state index < -0.39 is 0 Å². The van der Waals surface area contributed by atoms with E-state index in [0.29, 0.717) is 53.0 Å². The van der Waals surface area contributed by atoms with Crippen molar-refractivity contribution in [3.05, 3.63) is 76.4 Å². The number of benzene rings is 2. The molecule has 2 bridgehead atoms. The molecule has 3 heterocycles. The van der Waals surface area contributed by atoms with Crippen LogP contribution >= 0.6 is 0 Å². The molecule has 12 heteroatoms. The zero-order chi connectivity index (χ0) is 32.0. The summed E-state index contributed by atoms with van der Waals surface area (Å²) in [4.78, 5) is 26.6. The minimum absolute atomic E-state index is 0.135. The maximum Gasteiger partial charge on any atom is 0.261 e. The summed E-state index contributed by atoms with van der Waals surface area (Å²) < 4.78 is 16.7. The van der Waals surface area contributed by atoms with Crippen LogP contribution in [0.5, 0.6) is 0 Å².